The second kappa shape index (κ2) is 6.05. The van der Waals surface area contributed by atoms with E-state index in [2.05, 4.69) is 10.4 Å². The van der Waals surface area contributed by atoms with Gasteiger partial charge in [0.2, 0.25) is 0 Å². The molecule has 0 saturated heterocycles. The Morgan fingerprint density at radius 1 is 1.35 bits per heavy atom. The van der Waals surface area contributed by atoms with Crippen molar-refractivity contribution in [3.05, 3.63) is 47.5 Å². The van der Waals surface area contributed by atoms with Crippen LogP contribution in [0.15, 0.2) is 30.5 Å². The van der Waals surface area contributed by atoms with Crippen molar-refractivity contribution < 1.29 is 9.13 Å². The Balaban J connectivity index is 2.54. The van der Waals surface area contributed by atoms with E-state index in [1.54, 1.807) is 19.4 Å². The number of hydrogen-bond donors (Lipinski definition) is 1. The molecule has 4 nitrogen and oxygen atoms in total. The number of aromatic nitrogens is 2. The van der Waals surface area contributed by atoms with E-state index < -0.39 is 0 Å². The molecule has 0 aliphatic rings. The van der Waals surface area contributed by atoms with Crippen molar-refractivity contribution in [1.29, 1.82) is 0 Å². The first-order valence-corrected chi connectivity index (χ1v) is 6.62. The van der Waals surface area contributed by atoms with E-state index in [4.69, 9.17) is 4.74 Å². The third-order valence-electron chi connectivity index (χ3n) is 3.25. The maximum absolute atomic E-state index is 13.5. The Kier molecular flexibility index (Phi) is 4.39. The molecule has 1 N–H and O–H groups in total. The number of ether oxygens (including phenoxy) is 1. The van der Waals surface area contributed by atoms with Crippen LogP contribution in [0.3, 0.4) is 0 Å². The van der Waals surface area contributed by atoms with Crippen molar-refractivity contribution in [2.75, 3.05) is 14.2 Å². The molecule has 1 aromatic heterocycles. The molecule has 1 heterocycles. The van der Waals surface area contributed by atoms with Crippen molar-refractivity contribution in [2.45, 2.75) is 25.9 Å². The predicted octanol–water partition coefficient (Wildman–Crippen LogP) is 2.92. The standard InChI is InChI=1S/C15H20FN3O/c1-10(2)19-15(13(20-4)9-18-19)14(17-3)11-6-5-7-12(16)8-11/h5-10,14,17H,1-4H3. The first-order valence-electron chi connectivity index (χ1n) is 6.62. The number of methoxy groups -OCH3 is 1. The van der Waals surface area contributed by atoms with Crippen LogP contribution in [0.1, 0.15) is 37.2 Å². The minimum atomic E-state index is -0.252. The van der Waals surface area contributed by atoms with Crippen molar-refractivity contribution in [3.63, 3.8) is 0 Å². The van der Waals surface area contributed by atoms with Gasteiger partial charge in [-0.05, 0) is 38.6 Å². The van der Waals surface area contributed by atoms with Gasteiger partial charge in [-0.1, -0.05) is 12.1 Å². The molecule has 0 amide bonds. The van der Waals surface area contributed by atoms with Crippen molar-refractivity contribution in [3.8, 4) is 5.75 Å². The van der Waals surface area contributed by atoms with Crippen LogP contribution >= 0.6 is 0 Å². The van der Waals surface area contributed by atoms with Gasteiger partial charge in [-0.3, -0.25) is 4.68 Å². The van der Waals surface area contributed by atoms with E-state index in [0.717, 1.165) is 11.3 Å². The summed E-state index contributed by atoms with van der Waals surface area (Å²) in [6, 6.07) is 6.58. The van der Waals surface area contributed by atoms with Crippen LogP contribution in [-0.2, 0) is 0 Å². The maximum Gasteiger partial charge on any atom is 0.161 e. The van der Waals surface area contributed by atoms with Gasteiger partial charge in [-0.15, -0.1) is 0 Å². The third-order valence-corrected chi connectivity index (χ3v) is 3.25. The Morgan fingerprint density at radius 2 is 2.10 bits per heavy atom. The summed E-state index contributed by atoms with van der Waals surface area (Å²) in [5, 5.41) is 7.57. The topological polar surface area (TPSA) is 39.1 Å². The second-order valence-corrected chi connectivity index (χ2v) is 4.91. The van der Waals surface area contributed by atoms with Crippen LogP contribution in [0, 0.1) is 5.82 Å². The molecular formula is C15H20FN3O. The van der Waals surface area contributed by atoms with Gasteiger partial charge in [0.15, 0.2) is 5.75 Å². The molecule has 0 spiro atoms. The molecule has 0 bridgehead atoms. The third kappa shape index (κ3) is 2.67. The molecule has 0 saturated carbocycles. The van der Waals surface area contributed by atoms with Crippen LogP contribution in [0.2, 0.25) is 0 Å². The molecule has 1 unspecified atom stereocenters. The summed E-state index contributed by atoms with van der Waals surface area (Å²) in [5.74, 6) is 0.444. The molecule has 1 aromatic carbocycles. The lowest BCUT2D eigenvalue weighted by Crippen LogP contribution is -2.23. The Bertz CT molecular complexity index is 580. The second-order valence-electron chi connectivity index (χ2n) is 4.91. The van der Waals surface area contributed by atoms with Crippen LogP contribution in [0.25, 0.3) is 0 Å². The van der Waals surface area contributed by atoms with E-state index in [9.17, 15) is 4.39 Å². The lowest BCUT2D eigenvalue weighted by molar-refractivity contribution is 0.396. The number of nitrogens with zero attached hydrogens (tertiary/aromatic N) is 2. The number of benzene rings is 1. The summed E-state index contributed by atoms with van der Waals surface area (Å²) in [5.41, 5.74) is 1.74. The summed E-state index contributed by atoms with van der Waals surface area (Å²) in [4.78, 5) is 0. The van der Waals surface area contributed by atoms with Gasteiger partial charge in [0.1, 0.15) is 11.5 Å². The van der Waals surface area contributed by atoms with E-state index in [1.807, 2.05) is 31.6 Å². The van der Waals surface area contributed by atoms with E-state index in [-0.39, 0.29) is 17.9 Å². The van der Waals surface area contributed by atoms with Gasteiger partial charge in [0, 0.05) is 6.04 Å². The van der Waals surface area contributed by atoms with Gasteiger partial charge in [-0.2, -0.15) is 5.10 Å². The monoisotopic (exact) mass is 277 g/mol. The maximum atomic E-state index is 13.5. The zero-order chi connectivity index (χ0) is 14.7. The Labute approximate surface area is 118 Å². The fraction of sp³-hybridized carbons (Fsp3) is 0.400. The highest BCUT2D eigenvalue weighted by Crippen LogP contribution is 2.31. The van der Waals surface area contributed by atoms with Crippen molar-refractivity contribution in [1.82, 2.24) is 15.1 Å². The zero-order valence-corrected chi connectivity index (χ0v) is 12.2. The molecular weight excluding hydrogens is 257 g/mol. The Hall–Kier alpha value is -1.88. The molecule has 0 aliphatic carbocycles. The van der Waals surface area contributed by atoms with Gasteiger partial charge >= 0.3 is 0 Å². The fourth-order valence-electron chi connectivity index (χ4n) is 2.35. The highest BCUT2D eigenvalue weighted by Gasteiger charge is 2.23. The summed E-state index contributed by atoms with van der Waals surface area (Å²) >= 11 is 0. The minimum absolute atomic E-state index is 0.175. The molecule has 5 heteroatoms. The highest BCUT2D eigenvalue weighted by molar-refractivity contribution is 5.36. The molecule has 0 fully saturated rings. The number of halogens is 1. The average Bonchev–Trinajstić information content (AvgIpc) is 2.84. The average molecular weight is 277 g/mol. The van der Waals surface area contributed by atoms with Gasteiger partial charge in [0.05, 0.1) is 19.3 Å². The zero-order valence-electron chi connectivity index (χ0n) is 12.2. The minimum Gasteiger partial charge on any atom is -0.493 e. The van der Waals surface area contributed by atoms with E-state index in [1.165, 1.54) is 12.1 Å². The van der Waals surface area contributed by atoms with Crippen molar-refractivity contribution >= 4 is 0 Å². The quantitative estimate of drug-likeness (QED) is 0.913. The van der Waals surface area contributed by atoms with Crippen molar-refractivity contribution in [2.24, 2.45) is 0 Å². The SMILES string of the molecule is CNC(c1cccc(F)c1)c1c(OC)cnn1C(C)C. The molecule has 0 radical (unpaired) electrons. The van der Waals surface area contributed by atoms with Crippen LogP contribution in [-0.4, -0.2) is 23.9 Å². The van der Waals surface area contributed by atoms with E-state index in [0.29, 0.717) is 5.75 Å². The lowest BCUT2D eigenvalue weighted by Gasteiger charge is -2.21. The largest absolute Gasteiger partial charge is 0.493 e. The number of hydrogen-bond acceptors (Lipinski definition) is 3. The lowest BCUT2D eigenvalue weighted by atomic mass is 10.0. The normalized spacial score (nSPS) is 12.7. The molecule has 108 valence electrons. The molecule has 2 rings (SSSR count). The summed E-state index contributed by atoms with van der Waals surface area (Å²) in [7, 11) is 3.45. The van der Waals surface area contributed by atoms with Crippen LogP contribution in [0.5, 0.6) is 5.75 Å². The number of rotatable bonds is 5. The van der Waals surface area contributed by atoms with Crippen LogP contribution in [0.4, 0.5) is 4.39 Å². The summed E-state index contributed by atoms with van der Waals surface area (Å²) in [6.45, 7) is 4.10. The molecule has 1 atom stereocenters. The summed E-state index contributed by atoms with van der Waals surface area (Å²) in [6.07, 6.45) is 1.69. The highest BCUT2D eigenvalue weighted by atomic mass is 19.1. The predicted molar refractivity (Wildman–Crippen MR) is 76.5 cm³/mol. The molecule has 0 aliphatic heterocycles. The first kappa shape index (κ1) is 14.5. The fourth-order valence-corrected chi connectivity index (χ4v) is 2.35. The summed E-state index contributed by atoms with van der Waals surface area (Å²) < 4.78 is 20.8. The molecule has 2 aromatic rings. The van der Waals surface area contributed by atoms with Gasteiger partial charge < -0.3 is 10.1 Å². The van der Waals surface area contributed by atoms with E-state index >= 15 is 0 Å². The van der Waals surface area contributed by atoms with Crippen LogP contribution < -0.4 is 10.1 Å². The smallest absolute Gasteiger partial charge is 0.161 e. The van der Waals surface area contributed by atoms with Gasteiger partial charge in [-0.25, -0.2) is 4.39 Å². The molecule has 20 heavy (non-hydrogen) atoms. The van der Waals surface area contributed by atoms with Gasteiger partial charge in [0.25, 0.3) is 0 Å². The first-order chi connectivity index (χ1) is 9.58. The number of nitrogens with one attached hydrogen (secondary N) is 1. The Morgan fingerprint density at radius 3 is 2.65 bits per heavy atom.